The Balaban J connectivity index is 1.98. The van der Waals surface area contributed by atoms with Gasteiger partial charge in [-0.1, -0.05) is 0 Å². The highest BCUT2D eigenvalue weighted by atomic mass is 32.2. The van der Waals surface area contributed by atoms with Crippen LogP contribution in [0, 0.1) is 11.8 Å². The Kier molecular flexibility index (Phi) is 2.32. The molecule has 0 aromatic heterocycles. The number of ether oxygens (including phenoxy) is 1. The molecule has 1 heterocycles. The molecule has 2 rings (SSSR count). The Morgan fingerprint density at radius 2 is 2.46 bits per heavy atom. The maximum absolute atomic E-state index is 11.6. The van der Waals surface area contributed by atoms with Crippen molar-refractivity contribution < 1.29 is 14.3 Å². The maximum Gasteiger partial charge on any atom is 0.326 e. The number of Topliss-reactive ketones (excluding diaryl/α,β-unsaturated/α-hetero) is 1. The van der Waals surface area contributed by atoms with Crippen LogP contribution in [0.2, 0.25) is 0 Å². The largest absolute Gasteiger partial charge is 0.465 e. The minimum absolute atomic E-state index is 0.0969. The van der Waals surface area contributed by atoms with Gasteiger partial charge >= 0.3 is 5.97 Å². The number of carbonyl (C=O) groups excluding carboxylic acids is 2. The van der Waals surface area contributed by atoms with Crippen molar-refractivity contribution in [3.05, 3.63) is 0 Å². The molecule has 0 spiro atoms. The summed E-state index contributed by atoms with van der Waals surface area (Å²) < 4.78 is 4.84. The summed E-state index contributed by atoms with van der Waals surface area (Å²) in [6, 6.07) is 0. The van der Waals surface area contributed by atoms with Crippen LogP contribution in [0.25, 0.3) is 0 Å². The number of fused-ring (bicyclic) bond motifs is 1. The Labute approximate surface area is 81.2 Å². The Bertz CT molecular complexity index is 251. The van der Waals surface area contributed by atoms with E-state index in [0.717, 1.165) is 12.2 Å². The number of esters is 1. The molecule has 4 heteroatoms. The van der Waals surface area contributed by atoms with Crippen molar-refractivity contribution in [3.63, 3.8) is 0 Å². The van der Waals surface area contributed by atoms with E-state index in [4.69, 9.17) is 4.74 Å². The van der Waals surface area contributed by atoms with Crippen LogP contribution in [-0.2, 0) is 14.3 Å². The van der Waals surface area contributed by atoms with E-state index in [0.29, 0.717) is 12.5 Å². The van der Waals surface area contributed by atoms with Crippen molar-refractivity contribution in [1.82, 2.24) is 0 Å². The topological polar surface area (TPSA) is 43.4 Å². The molecule has 72 valence electrons. The van der Waals surface area contributed by atoms with Crippen molar-refractivity contribution in [2.75, 3.05) is 12.4 Å². The van der Waals surface area contributed by atoms with Gasteiger partial charge in [-0.3, -0.25) is 9.59 Å². The van der Waals surface area contributed by atoms with Gasteiger partial charge in [0.05, 0.1) is 6.61 Å². The number of carbonyl (C=O) groups is 2. The first-order valence-corrected chi connectivity index (χ1v) is 5.61. The molecular formula is C9H12O3S. The van der Waals surface area contributed by atoms with Crippen molar-refractivity contribution >= 4 is 23.5 Å². The smallest absolute Gasteiger partial charge is 0.326 e. The second-order valence-electron chi connectivity index (χ2n) is 3.47. The van der Waals surface area contributed by atoms with Crippen molar-refractivity contribution in [2.45, 2.75) is 18.6 Å². The summed E-state index contributed by atoms with van der Waals surface area (Å²) in [4.78, 5) is 22.9. The lowest BCUT2D eigenvalue weighted by Gasteiger charge is -2.17. The van der Waals surface area contributed by atoms with Crippen LogP contribution in [0.5, 0.6) is 0 Å². The SMILES string of the molecule is CCOC(=O)C1SCC2CC2C1=O. The van der Waals surface area contributed by atoms with Crippen LogP contribution in [-0.4, -0.2) is 29.4 Å². The number of rotatable bonds is 2. The first-order valence-electron chi connectivity index (χ1n) is 4.56. The number of ketones is 1. The fourth-order valence-electron chi connectivity index (χ4n) is 1.68. The van der Waals surface area contributed by atoms with E-state index in [1.807, 2.05) is 0 Å². The lowest BCUT2D eigenvalue weighted by Crippen LogP contribution is -2.33. The summed E-state index contributed by atoms with van der Waals surface area (Å²) in [5.41, 5.74) is 0. The summed E-state index contributed by atoms with van der Waals surface area (Å²) in [7, 11) is 0. The van der Waals surface area contributed by atoms with Crippen LogP contribution in [0.1, 0.15) is 13.3 Å². The third kappa shape index (κ3) is 1.59. The third-order valence-corrected chi connectivity index (χ3v) is 3.90. The molecule has 0 N–H and O–H groups in total. The van der Waals surface area contributed by atoms with E-state index in [9.17, 15) is 9.59 Å². The predicted octanol–water partition coefficient (Wildman–Crippen LogP) is 0.870. The number of thioether (sulfide) groups is 1. The molecule has 0 radical (unpaired) electrons. The molecule has 3 unspecified atom stereocenters. The minimum atomic E-state index is -0.524. The summed E-state index contributed by atoms with van der Waals surface area (Å²) in [6.45, 7) is 2.12. The molecule has 1 aliphatic heterocycles. The van der Waals surface area contributed by atoms with Gasteiger partial charge in [0.15, 0.2) is 11.0 Å². The van der Waals surface area contributed by atoms with Gasteiger partial charge < -0.3 is 4.74 Å². The van der Waals surface area contributed by atoms with Crippen molar-refractivity contribution in [3.8, 4) is 0 Å². The molecule has 0 aromatic rings. The van der Waals surface area contributed by atoms with Gasteiger partial charge in [0.1, 0.15) is 0 Å². The van der Waals surface area contributed by atoms with Crippen LogP contribution in [0.15, 0.2) is 0 Å². The normalized spacial score (nSPS) is 36.7. The van der Waals surface area contributed by atoms with E-state index in [1.165, 1.54) is 11.8 Å². The average Bonchev–Trinajstić information content (AvgIpc) is 2.84. The average molecular weight is 200 g/mol. The monoisotopic (exact) mass is 200 g/mol. The van der Waals surface area contributed by atoms with Gasteiger partial charge in [-0.15, -0.1) is 11.8 Å². The van der Waals surface area contributed by atoms with E-state index < -0.39 is 5.25 Å². The summed E-state index contributed by atoms with van der Waals surface area (Å²) in [6.07, 6.45) is 0.988. The third-order valence-electron chi connectivity index (χ3n) is 2.52. The lowest BCUT2D eigenvalue weighted by molar-refractivity contribution is -0.145. The van der Waals surface area contributed by atoms with E-state index >= 15 is 0 Å². The zero-order valence-corrected chi connectivity index (χ0v) is 8.30. The van der Waals surface area contributed by atoms with Gasteiger partial charge in [0, 0.05) is 5.92 Å². The highest BCUT2D eigenvalue weighted by Crippen LogP contribution is 2.48. The quantitative estimate of drug-likeness (QED) is 0.490. The first-order chi connectivity index (χ1) is 6.24. The van der Waals surface area contributed by atoms with Crippen LogP contribution in [0.4, 0.5) is 0 Å². The zero-order valence-electron chi connectivity index (χ0n) is 7.49. The van der Waals surface area contributed by atoms with E-state index in [1.54, 1.807) is 6.92 Å². The maximum atomic E-state index is 11.6. The van der Waals surface area contributed by atoms with Crippen molar-refractivity contribution in [2.24, 2.45) is 11.8 Å². The van der Waals surface area contributed by atoms with Crippen LogP contribution < -0.4 is 0 Å². The lowest BCUT2D eigenvalue weighted by atomic mass is 10.1. The number of hydrogen-bond donors (Lipinski definition) is 0. The molecule has 3 nitrogen and oxygen atoms in total. The summed E-state index contributed by atoms with van der Waals surface area (Å²) >= 11 is 1.45. The molecule has 0 amide bonds. The highest BCUT2D eigenvalue weighted by Gasteiger charge is 2.51. The standard InChI is InChI=1S/C9H12O3S/c1-2-12-9(11)8-7(10)6-3-5(6)4-13-8/h5-6,8H,2-4H2,1H3. The molecule has 13 heavy (non-hydrogen) atoms. The second kappa shape index (κ2) is 3.33. The summed E-state index contributed by atoms with van der Waals surface area (Å²) in [5.74, 6) is 1.43. The van der Waals surface area contributed by atoms with Crippen LogP contribution >= 0.6 is 11.8 Å². The Morgan fingerprint density at radius 3 is 3.15 bits per heavy atom. The van der Waals surface area contributed by atoms with E-state index in [2.05, 4.69) is 0 Å². The zero-order chi connectivity index (χ0) is 9.42. The molecule has 2 aliphatic rings. The molecule has 2 fully saturated rings. The first kappa shape index (κ1) is 9.06. The van der Waals surface area contributed by atoms with Crippen LogP contribution in [0.3, 0.4) is 0 Å². The molecule has 1 saturated carbocycles. The molecular weight excluding hydrogens is 188 g/mol. The fraction of sp³-hybridized carbons (Fsp3) is 0.778. The van der Waals surface area contributed by atoms with Gasteiger partial charge in [0.25, 0.3) is 0 Å². The Hall–Kier alpha value is -0.510. The molecule has 1 saturated heterocycles. The summed E-state index contributed by atoms with van der Waals surface area (Å²) in [5, 5.41) is -0.524. The van der Waals surface area contributed by atoms with Gasteiger partial charge in [-0.05, 0) is 25.0 Å². The second-order valence-corrected chi connectivity index (χ2v) is 4.61. The Morgan fingerprint density at radius 1 is 1.69 bits per heavy atom. The van der Waals surface area contributed by atoms with Gasteiger partial charge in [-0.25, -0.2) is 0 Å². The predicted molar refractivity (Wildman–Crippen MR) is 49.5 cm³/mol. The number of hydrogen-bond acceptors (Lipinski definition) is 4. The molecule has 0 aromatic carbocycles. The van der Waals surface area contributed by atoms with E-state index in [-0.39, 0.29) is 17.7 Å². The van der Waals surface area contributed by atoms with Gasteiger partial charge in [-0.2, -0.15) is 0 Å². The fourth-order valence-corrected chi connectivity index (χ4v) is 3.03. The highest BCUT2D eigenvalue weighted by molar-refractivity contribution is 8.01. The van der Waals surface area contributed by atoms with Crippen molar-refractivity contribution in [1.29, 1.82) is 0 Å². The molecule has 1 aliphatic carbocycles. The molecule has 0 bridgehead atoms. The van der Waals surface area contributed by atoms with Gasteiger partial charge in [0.2, 0.25) is 0 Å². The minimum Gasteiger partial charge on any atom is -0.465 e. The molecule has 3 atom stereocenters.